The molecule has 1 aliphatic rings. The van der Waals surface area contributed by atoms with Crippen molar-refractivity contribution in [2.24, 2.45) is 0 Å². The molecule has 8 nitrogen and oxygen atoms in total. The molecule has 2 amide bonds. The number of hydrogen-bond donors (Lipinski definition) is 2. The third-order valence-electron chi connectivity index (χ3n) is 3.96. The molecule has 1 saturated heterocycles. The van der Waals surface area contributed by atoms with Gasteiger partial charge in [-0.3, -0.25) is 14.5 Å². The van der Waals surface area contributed by atoms with E-state index in [1.54, 1.807) is 29.3 Å². The predicted octanol–water partition coefficient (Wildman–Crippen LogP) is -0.139. The molecule has 1 aromatic heterocycles. The molecule has 144 valence electrons. The lowest BCUT2D eigenvalue weighted by Gasteiger charge is -2.35. The largest absolute Gasteiger partial charge is 0.352 e. The van der Waals surface area contributed by atoms with Gasteiger partial charge in [-0.05, 0) is 18.4 Å². The van der Waals surface area contributed by atoms with Crippen LogP contribution in [0.3, 0.4) is 0 Å². The average molecular weight is 401 g/mol. The standard InChI is InChI=1S/C16H24N4O4S2/c1-3-6-17-14(21)12-19-7-9-20(10-8-19)16(22)13(2)18-26(23,24)15-5-4-11-25-15/h3-5,11,13,18H,1,6-10,12H2,2H3,(H,17,21). The fraction of sp³-hybridized carbons (Fsp3) is 0.500. The molecular weight excluding hydrogens is 376 g/mol. The number of carbonyl (C=O) groups is 2. The van der Waals surface area contributed by atoms with Crippen LogP contribution in [0.15, 0.2) is 34.4 Å². The predicted molar refractivity (Wildman–Crippen MR) is 100 cm³/mol. The first-order valence-electron chi connectivity index (χ1n) is 8.28. The Labute approximate surface area is 157 Å². The average Bonchev–Trinajstić information content (AvgIpc) is 3.15. The zero-order valence-electron chi connectivity index (χ0n) is 14.7. The molecule has 0 aromatic carbocycles. The molecule has 2 N–H and O–H groups in total. The van der Waals surface area contributed by atoms with Crippen LogP contribution in [-0.2, 0) is 19.6 Å². The Hall–Kier alpha value is -1.75. The summed E-state index contributed by atoms with van der Waals surface area (Å²) in [5.74, 6) is -0.345. The Bertz CT molecular complexity index is 725. The maximum Gasteiger partial charge on any atom is 0.250 e. The Morgan fingerprint density at radius 2 is 2.04 bits per heavy atom. The summed E-state index contributed by atoms with van der Waals surface area (Å²) in [5.41, 5.74) is 0. The van der Waals surface area contributed by atoms with Gasteiger partial charge < -0.3 is 10.2 Å². The van der Waals surface area contributed by atoms with Crippen LogP contribution in [0.4, 0.5) is 0 Å². The van der Waals surface area contributed by atoms with Gasteiger partial charge in [-0.25, -0.2) is 8.42 Å². The number of sulfonamides is 1. The summed E-state index contributed by atoms with van der Waals surface area (Å²) in [6.07, 6.45) is 1.62. The van der Waals surface area contributed by atoms with Gasteiger partial charge in [0.05, 0.1) is 12.6 Å². The highest BCUT2D eigenvalue weighted by Crippen LogP contribution is 2.16. The summed E-state index contributed by atoms with van der Waals surface area (Å²) in [7, 11) is -3.69. The Balaban J connectivity index is 1.82. The van der Waals surface area contributed by atoms with Gasteiger partial charge in [0.2, 0.25) is 11.8 Å². The molecule has 10 heteroatoms. The molecule has 1 unspecified atom stereocenters. The van der Waals surface area contributed by atoms with Crippen LogP contribution in [0.1, 0.15) is 6.92 Å². The van der Waals surface area contributed by atoms with Crippen molar-refractivity contribution in [1.29, 1.82) is 0 Å². The lowest BCUT2D eigenvalue weighted by Crippen LogP contribution is -2.55. The summed E-state index contributed by atoms with van der Waals surface area (Å²) < 4.78 is 27.1. The third-order valence-corrected chi connectivity index (χ3v) is 6.90. The number of nitrogens with zero attached hydrogens (tertiary/aromatic N) is 2. The smallest absolute Gasteiger partial charge is 0.250 e. The van der Waals surface area contributed by atoms with Crippen LogP contribution in [0.2, 0.25) is 0 Å². The van der Waals surface area contributed by atoms with Crippen molar-refractivity contribution in [1.82, 2.24) is 19.8 Å². The minimum Gasteiger partial charge on any atom is -0.352 e. The molecule has 2 heterocycles. The Morgan fingerprint density at radius 1 is 1.35 bits per heavy atom. The van der Waals surface area contributed by atoms with Crippen LogP contribution >= 0.6 is 11.3 Å². The maximum absolute atomic E-state index is 12.5. The summed E-state index contributed by atoms with van der Waals surface area (Å²) in [6.45, 7) is 7.84. The van der Waals surface area contributed by atoms with E-state index in [0.29, 0.717) is 32.7 Å². The van der Waals surface area contributed by atoms with Crippen molar-refractivity contribution in [3.63, 3.8) is 0 Å². The van der Waals surface area contributed by atoms with Crippen LogP contribution in [0, 0.1) is 0 Å². The van der Waals surface area contributed by atoms with Crippen LogP contribution in [0.5, 0.6) is 0 Å². The summed E-state index contributed by atoms with van der Waals surface area (Å²) in [6, 6.07) is 2.31. The van der Waals surface area contributed by atoms with Crippen molar-refractivity contribution < 1.29 is 18.0 Å². The minimum absolute atomic E-state index is 0.0817. The van der Waals surface area contributed by atoms with Crippen molar-refractivity contribution in [2.75, 3.05) is 39.3 Å². The van der Waals surface area contributed by atoms with Crippen molar-refractivity contribution >= 4 is 33.2 Å². The second-order valence-electron chi connectivity index (χ2n) is 5.97. The van der Waals surface area contributed by atoms with Crippen LogP contribution in [0.25, 0.3) is 0 Å². The van der Waals surface area contributed by atoms with Crippen molar-refractivity contribution in [3.8, 4) is 0 Å². The van der Waals surface area contributed by atoms with Gasteiger partial charge in [0, 0.05) is 32.7 Å². The van der Waals surface area contributed by atoms with Gasteiger partial charge in [-0.15, -0.1) is 17.9 Å². The van der Waals surface area contributed by atoms with E-state index in [0.717, 1.165) is 11.3 Å². The summed E-state index contributed by atoms with van der Waals surface area (Å²) >= 11 is 1.10. The van der Waals surface area contributed by atoms with Crippen molar-refractivity contribution in [3.05, 3.63) is 30.2 Å². The van der Waals surface area contributed by atoms with E-state index in [1.807, 2.05) is 4.90 Å². The lowest BCUT2D eigenvalue weighted by molar-refractivity contribution is -0.134. The fourth-order valence-corrected chi connectivity index (χ4v) is 4.81. The normalized spacial score (nSPS) is 16.9. The van der Waals surface area contributed by atoms with Gasteiger partial charge in [-0.2, -0.15) is 4.72 Å². The minimum atomic E-state index is -3.69. The van der Waals surface area contributed by atoms with Gasteiger partial charge in [0.25, 0.3) is 10.0 Å². The maximum atomic E-state index is 12.5. The van der Waals surface area contributed by atoms with E-state index < -0.39 is 16.1 Å². The number of nitrogens with one attached hydrogen (secondary N) is 2. The SMILES string of the molecule is C=CCNC(=O)CN1CCN(C(=O)C(C)NS(=O)(=O)c2cccs2)CC1. The van der Waals surface area contributed by atoms with E-state index in [2.05, 4.69) is 16.6 Å². The molecule has 26 heavy (non-hydrogen) atoms. The van der Waals surface area contributed by atoms with Gasteiger partial charge >= 0.3 is 0 Å². The molecule has 0 saturated carbocycles. The summed E-state index contributed by atoms with van der Waals surface area (Å²) in [5, 5.41) is 4.39. The third kappa shape index (κ3) is 5.63. The highest BCUT2D eigenvalue weighted by molar-refractivity contribution is 7.91. The monoisotopic (exact) mass is 400 g/mol. The first-order chi connectivity index (χ1) is 12.3. The first-order valence-corrected chi connectivity index (χ1v) is 10.6. The number of rotatable bonds is 8. The first kappa shape index (κ1) is 20.6. The molecule has 1 atom stereocenters. The zero-order valence-corrected chi connectivity index (χ0v) is 16.3. The second kappa shape index (κ2) is 9.26. The van der Waals surface area contributed by atoms with E-state index >= 15 is 0 Å². The number of piperazine rings is 1. The van der Waals surface area contributed by atoms with Gasteiger partial charge in [0.15, 0.2) is 0 Å². The van der Waals surface area contributed by atoms with E-state index in [9.17, 15) is 18.0 Å². The molecule has 0 bridgehead atoms. The Kier molecular flexibility index (Phi) is 7.33. The quantitative estimate of drug-likeness (QED) is 0.592. The Morgan fingerprint density at radius 3 is 2.62 bits per heavy atom. The molecule has 1 aliphatic heterocycles. The van der Waals surface area contributed by atoms with Crippen LogP contribution < -0.4 is 10.0 Å². The topological polar surface area (TPSA) is 98.8 Å². The van der Waals surface area contributed by atoms with E-state index in [1.165, 1.54) is 6.07 Å². The molecule has 0 radical (unpaired) electrons. The molecule has 1 fully saturated rings. The number of amides is 2. The molecule has 0 aliphatic carbocycles. The van der Waals surface area contributed by atoms with E-state index in [4.69, 9.17) is 0 Å². The zero-order chi connectivity index (χ0) is 19.2. The van der Waals surface area contributed by atoms with Gasteiger partial charge in [-0.1, -0.05) is 12.1 Å². The fourth-order valence-electron chi connectivity index (χ4n) is 2.60. The number of hydrogen-bond acceptors (Lipinski definition) is 6. The van der Waals surface area contributed by atoms with Crippen LogP contribution in [-0.4, -0.2) is 75.3 Å². The lowest BCUT2D eigenvalue weighted by atomic mass is 10.2. The second-order valence-corrected chi connectivity index (χ2v) is 8.86. The number of carbonyl (C=O) groups excluding carboxylic acids is 2. The van der Waals surface area contributed by atoms with E-state index in [-0.39, 0.29) is 22.6 Å². The molecular formula is C16H24N4O4S2. The molecule has 2 rings (SSSR count). The number of thiophene rings is 1. The highest BCUT2D eigenvalue weighted by Gasteiger charge is 2.28. The summed E-state index contributed by atoms with van der Waals surface area (Å²) in [4.78, 5) is 27.8. The van der Waals surface area contributed by atoms with Crippen molar-refractivity contribution in [2.45, 2.75) is 17.2 Å². The van der Waals surface area contributed by atoms with Gasteiger partial charge in [0.1, 0.15) is 4.21 Å². The molecule has 1 aromatic rings. The highest BCUT2D eigenvalue weighted by atomic mass is 32.2. The molecule has 0 spiro atoms.